The minimum atomic E-state index is -0.169. The first kappa shape index (κ1) is 12.7. The molecule has 1 aliphatic rings. The van der Waals surface area contributed by atoms with Gasteiger partial charge in [0, 0.05) is 24.3 Å². The summed E-state index contributed by atoms with van der Waals surface area (Å²) >= 11 is 0. The summed E-state index contributed by atoms with van der Waals surface area (Å²) in [6.45, 7) is 1.88. The standard InChI is InChI=1S/C13H19N3O2/c1-18-12-6-2-4-10(8-12)15-13(17)16-11-5-3-7-14-9-11/h2,4,6,8,11,14H,3,5,7,9H2,1H3,(H2,15,16,17). The average Bonchev–Trinajstić information content (AvgIpc) is 2.40. The Kier molecular flexibility index (Phi) is 4.41. The highest BCUT2D eigenvalue weighted by Crippen LogP contribution is 2.16. The average molecular weight is 249 g/mol. The molecule has 0 aromatic heterocycles. The molecule has 1 unspecified atom stereocenters. The summed E-state index contributed by atoms with van der Waals surface area (Å²) in [6, 6.07) is 7.35. The highest BCUT2D eigenvalue weighted by Gasteiger charge is 2.15. The Bertz CT molecular complexity index is 403. The van der Waals surface area contributed by atoms with Gasteiger partial charge >= 0.3 is 6.03 Å². The first-order chi connectivity index (χ1) is 8.78. The number of carbonyl (C=O) groups is 1. The van der Waals surface area contributed by atoms with Gasteiger partial charge in [0.2, 0.25) is 0 Å². The van der Waals surface area contributed by atoms with Crippen LogP contribution in [0, 0.1) is 0 Å². The number of amides is 2. The molecule has 18 heavy (non-hydrogen) atoms. The molecule has 2 amide bonds. The van der Waals surface area contributed by atoms with Gasteiger partial charge in [0.05, 0.1) is 7.11 Å². The number of hydrogen-bond donors (Lipinski definition) is 3. The number of urea groups is 1. The van der Waals surface area contributed by atoms with Gasteiger partial charge in [-0.25, -0.2) is 4.79 Å². The highest BCUT2D eigenvalue weighted by atomic mass is 16.5. The summed E-state index contributed by atoms with van der Waals surface area (Å²) < 4.78 is 5.10. The van der Waals surface area contributed by atoms with Crippen LogP contribution in [-0.4, -0.2) is 32.3 Å². The van der Waals surface area contributed by atoms with Crippen molar-refractivity contribution in [1.29, 1.82) is 0 Å². The number of piperidine rings is 1. The molecule has 1 saturated heterocycles. The fourth-order valence-electron chi connectivity index (χ4n) is 2.03. The smallest absolute Gasteiger partial charge is 0.319 e. The van der Waals surface area contributed by atoms with E-state index in [-0.39, 0.29) is 12.1 Å². The molecule has 1 aromatic carbocycles. The molecule has 0 aliphatic carbocycles. The molecule has 0 spiro atoms. The zero-order valence-electron chi connectivity index (χ0n) is 10.5. The van der Waals surface area contributed by atoms with E-state index in [1.165, 1.54) is 0 Å². The van der Waals surface area contributed by atoms with E-state index in [9.17, 15) is 4.79 Å². The Labute approximate surface area is 107 Å². The normalized spacial score (nSPS) is 19.1. The van der Waals surface area contributed by atoms with Gasteiger partial charge in [-0.1, -0.05) is 6.07 Å². The molecule has 1 fully saturated rings. The van der Waals surface area contributed by atoms with E-state index >= 15 is 0 Å². The molecule has 1 aliphatic heterocycles. The number of ether oxygens (including phenoxy) is 1. The van der Waals surface area contributed by atoms with Crippen molar-refractivity contribution >= 4 is 11.7 Å². The molecule has 0 saturated carbocycles. The van der Waals surface area contributed by atoms with Gasteiger partial charge in [-0.05, 0) is 31.5 Å². The third-order valence-corrected chi connectivity index (χ3v) is 2.96. The minimum absolute atomic E-state index is 0.169. The number of benzene rings is 1. The lowest BCUT2D eigenvalue weighted by atomic mass is 10.1. The van der Waals surface area contributed by atoms with Crippen LogP contribution in [0.15, 0.2) is 24.3 Å². The Morgan fingerprint density at radius 2 is 2.39 bits per heavy atom. The van der Waals surface area contributed by atoms with Crippen LogP contribution in [0.4, 0.5) is 10.5 Å². The molecular formula is C13H19N3O2. The van der Waals surface area contributed by atoms with E-state index in [0.29, 0.717) is 0 Å². The van der Waals surface area contributed by atoms with Gasteiger partial charge in [-0.3, -0.25) is 0 Å². The van der Waals surface area contributed by atoms with E-state index in [0.717, 1.165) is 37.4 Å². The van der Waals surface area contributed by atoms with Crippen molar-refractivity contribution in [2.45, 2.75) is 18.9 Å². The molecule has 3 N–H and O–H groups in total. The van der Waals surface area contributed by atoms with Crippen LogP contribution in [0.2, 0.25) is 0 Å². The molecule has 0 radical (unpaired) electrons. The van der Waals surface area contributed by atoms with Crippen LogP contribution in [0.1, 0.15) is 12.8 Å². The number of rotatable bonds is 3. The van der Waals surface area contributed by atoms with E-state index in [1.54, 1.807) is 13.2 Å². The molecule has 5 nitrogen and oxygen atoms in total. The number of nitrogens with one attached hydrogen (secondary N) is 3. The number of methoxy groups -OCH3 is 1. The third-order valence-electron chi connectivity index (χ3n) is 2.96. The fourth-order valence-corrected chi connectivity index (χ4v) is 2.03. The summed E-state index contributed by atoms with van der Waals surface area (Å²) in [7, 11) is 1.60. The second kappa shape index (κ2) is 6.26. The van der Waals surface area contributed by atoms with Gasteiger partial charge < -0.3 is 20.7 Å². The van der Waals surface area contributed by atoms with E-state index in [2.05, 4.69) is 16.0 Å². The van der Waals surface area contributed by atoms with Crippen molar-refractivity contribution in [3.05, 3.63) is 24.3 Å². The summed E-state index contributed by atoms with van der Waals surface area (Å²) in [5.41, 5.74) is 0.732. The van der Waals surface area contributed by atoms with Crippen LogP contribution in [0.5, 0.6) is 5.75 Å². The number of anilines is 1. The summed E-state index contributed by atoms with van der Waals surface area (Å²) in [6.07, 6.45) is 2.13. The zero-order valence-corrected chi connectivity index (χ0v) is 10.5. The van der Waals surface area contributed by atoms with Crippen molar-refractivity contribution in [2.75, 3.05) is 25.5 Å². The van der Waals surface area contributed by atoms with Crippen LogP contribution < -0.4 is 20.7 Å². The summed E-state index contributed by atoms with van der Waals surface area (Å²) in [4.78, 5) is 11.8. The Balaban J connectivity index is 1.85. The van der Waals surface area contributed by atoms with Crippen LogP contribution in [-0.2, 0) is 0 Å². The first-order valence-corrected chi connectivity index (χ1v) is 6.20. The van der Waals surface area contributed by atoms with Crippen LogP contribution in [0.25, 0.3) is 0 Å². The molecule has 1 heterocycles. The van der Waals surface area contributed by atoms with Crippen molar-refractivity contribution in [1.82, 2.24) is 10.6 Å². The lowest BCUT2D eigenvalue weighted by molar-refractivity contribution is 0.245. The van der Waals surface area contributed by atoms with Crippen molar-refractivity contribution in [3.8, 4) is 5.75 Å². The maximum atomic E-state index is 11.8. The first-order valence-electron chi connectivity index (χ1n) is 6.20. The molecule has 1 atom stereocenters. The fraction of sp³-hybridized carbons (Fsp3) is 0.462. The van der Waals surface area contributed by atoms with Crippen LogP contribution >= 0.6 is 0 Å². The van der Waals surface area contributed by atoms with Crippen LogP contribution in [0.3, 0.4) is 0 Å². The van der Waals surface area contributed by atoms with Crippen molar-refractivity contribution in [3.63, 3.8) is 0 Å². The largest absolute Gasteiger partial charge is 0.497 e. The second-order valence-electron chi connectivity index (χ2n) is 4.37. The predicted molar refractivity (Wildman–Crippen MR) is 71.0 cm³/mol. The lowest BCUT2D eigenvalue weighted by Gasteiger charge is -2.23. The van der Waals surface area contributed by atoms with Gasteiger partial charge in [0.25, 0.3) is 0 Å². The number of carbonyl (C=O) groups excluding carboxylic acids is 1. The molecule has 1 aromatic rings. The molecular weight excluding hydrogens is 230 g/mol. The van der Waals surface area contributed by atoms with Crippen molar-refractivity contribution < 1.29 is 9.53 Å². The number of hydrogen-bond acceptors (Lipinski definition) is 3. The summed E-state index contributed by atoms with van der Waals surface area (Å²) in [5.74, 6) is 0.729. The maximum absolute atomic E-state index is 11.8. The third kappa shape index (κ3) is 3.63. The van der Waals surface area contributed by atoms with E-state index in [4.69, 9.17) is 4.74 Å². The second-order valence-corrected chi connectivity index (χ2v) is 4.37. The highest BCUT2D eigenvalue weighted by molar-refractivity contribution is 5.89. The van der Waals surface area contributed by atoms with Gasteiger partial charge in [0.15, 0.2) is 0 Å². The SMILES string of the molecule is COc1cccc(NC(=O)NC2CCCNC2)c1. The quantitative estimate of drug-likeness (QED) is 0.762. The lowest BCUT2D eigenvalue weighted by Crippen LogP contribution is -2.47. The van der Waals surface area contributed by atoms with E-state index in [1.807, 2.05) is 18.2 Å². The van der Waals surface area contributed by atoms with Crippen molar-refractivity contribution in [2.24, 2.45) is 0 Å². The maximum Gasteiger partial charge on any atom is 0.319 e. The Morgan fingerprint density at radius 3 is 3.11 bits per heavy atom. The van der Waals surface area contributed by atoms with Gasteiger partial charge in [-0.2, -0.15) is 0 Å². The Hall–Kier alpha value is -1.75. The Morgan fingerprint density at radius 1 is 1.50 bits per heavy atom. The molecule has 5 heteroatoms. The molecule has 0 bridgehead atoms. The van der Waals surface area contributed by atoms with Gasteiger partial charge in [0.1, 0.15) is 5.75 Å². The minimum Gasteiger partial charge on any atom is -0.497 e. The zero-order chi connectivity index (χ0) is 12.8. The van der Waals surface area contributed by atoms with E-state index < -0.39 is 0 Å². The monoisotopic (exact) mass is 249 g/mol. The topological polar surface area (TPSA) is 62.4 Å². The predicted octanol–water partition coefficient (Wildman–Crippen LogP) is 1.57. The molecule has 98 valence electrons. The van der Waals surface area contributed by atoms with Gasteiger partial charge in [-0.15, -0.1) is 0 Å². The molecule has 2 rings (SSSR count). The summed E-state index contributed by atoms with van der Waals surface area (Å²) in [5, 5.41) is 9.02.